The van der Waals surface area contributed by atoms with Crippen LogP contribution in [0.25, 0.3) is 0 Å². The van der Waals surface area contributed by atoms with Gasteiger partial charge in [0.1, 0.15) is 11.5 Å². The maximum absolute atomic E-state index is 9.02. The third kappa shape index (κ3) is 3.42. The van der Waals surface area contributed by atoms with Gasteiger partial charge in [-0.1, -0.05) is 24.3 Å². The van der Waals surface area contributed by atoms with E-state index in [0.29, 0.717) is 6.54 Å². The second-order valence-corrected chi connectivity index (χ2v) is 4.39. The van der Waals surface area contributed by atoms with Crippen molar-refractivity contribution in [3.05, 3.63) is 53.6 Å². The Morgan fingerprint density at radius 3 is 2.25 bits per heavy atom. The molecule has 0 heterocycles. The molecule has 0 unspecified atom stereocenters. The molecule has 0 fully saturated rings. The van der Waals surface area contributed by atoms with Crippen LogP contribution in [0.2, 0.25) is 0 Å². The van der Waals surface area contributed by atoms with E-state index in [2.05, 4.69) is 5.32 Å². The van der Waals surface area contributed by atoms with Crippen LogP contribution in [-0.2, 0) is 13.2 Å². The average molecular weight is 273 g/mol. The highest BCUT2D eigenvalue weighted by Crippen LogP contribution is 2.29. The minimum atomic E-state index is 0.0669. The van der Waals surface area contributed by atoms with E-state index in [4.69, 9.17) is 14.6 Å². The number of hydrogen-bond donors (Lipinski definition) is 2. The molecule has 20 heavy (non-hydrogen) atoms. The average Bonchev–Trinajstić information content (AvgIpc) is 2.53. The van der Waals surface area contributed by atoms with E-state index in [0.717, 1.165) is 28.3 Å². The molecular weight excluding hydrogens is 254 g/mol. The Labute approximate surface area is 119 Å². The standard InChI is InChI=1S/C16H19NO3/c1-19-14-7-8-16(20-2)15(9-14)17-10-12-3-5-13(11-18)6-4-12/h3-9,17-18H,10-11H2,1-2H3. The summed E-state index contributed by atoms with van der Waals surface area (Å²) in [7, 11) is 3.28. The lowest BCUT2D eigenvalue weighted by molar-refractivity contribution is 0.282. The highest BCUT2D eigenvalue weighted by Gasteiger charge is 2.04. The van der Waals surface area contributed by atoms with Crippen LogP contribution in [0.4, 0.5) is 5.69 Å². The second-order valence-electron chi connectivity index (χ2n) is 4.39. The highest BCUT2D eigenvalue weighted by atomic mass is 16.5. The summed E-state index contributed by atoms with van der Waals surface area (Å²) in [5.41, 5.74) is 2.93. The molecule has 4 nitrogen and oxygen atoms in total. The number of ether oxygens (including phenoxy) is 2. The normalized spacial score (nSPS) is 10.2. The van der Waals surface area contributed by atoms with Crippen molar-refractivity contribution < 1.29 is 14.6 Å². The van der Waals surface area contributed by atoms with Crippen LogP contribution in [0.15, 0.2) is 42.5 Å². The Morgan fingerprint density at radius 2 is 1.65 bits per heavy atom. The predicted molar refractivity (Wildman–Crippen MR) is 79.2 cm³/mol. The van der Waals surface area contributed by atoms with Gasteiger partial charge in [-0.05, 0) is 23.3 Å². The van der Waals surface area contributed by atoms with Gasteiger partial charge >= 0.3 is 0 Å². The summed E-state index contributed by atoms with van der Waals surface area (Å²) < 4.78 is 10.5. The first-order valence-electron chi connectivity index (χ1n) is 6.41. The van der Waals surface area contributed by atoms with E-state index >= 15 is 0 Å². The van der Waals surface area contributed by atoms with Gasteiger partial charge in [0.15, 0.2) is 0 Å². The van der Waals surface area contributed by atoms with Gasteiger partial charge in [0.2, 0.25) is 0 Å². The van der Waals surface area contributed by atoms with Crippen LogP contribution >= 0.6 is 0 Å². The largest absolute Gasteiger partial charge is 0.497 e. The number of rotatable bonds is 6. The molecule has 2 aromatic carbocycles. The molecule has 0 spiro atoms. The lowest BCUT2D eigenvalue weighted by Gasteiger charge is -2.13. The minimum Gasteiger partial charge on any atom is -0.497 e. The van der Waals surface area contributed by atoms with Gasteiger partial charge in [-0.2, -0.15) is 0 Å². The van der Waals surface area contributed by atoms with Crippen LogP contribution in [0, 0.1) is 0 Å². The molecule has 2 rings (SSSR count). The number of hydrogen-bond acceptors (Lipinski definition) is 4. The van der Waals surface area contributed by atoms with Crippen molar-refractivity contribution in [1.29, 1.82) is 0 Å². The summed E-state index contributed by atoms with van der Waals surface area (Å²) in [4.78, 5) is 0. The smallest absolute Gasteiger partial charge is 0.142 e. The Bertz CT molecular complexity index is 552. The van der Waals surface area contributed by atoms with Crippen molar-refractivity contribution in [1.82, 2.24) is 0 Å². The summed E-state index contributed by atoms with van der Waals surface area (Å²) in [6.45, 7) is 0.743. The fourth-order valence-corrected chi connectivity index (χ4v) is 1.91. The lowest BCUT2D eigenvalue weighted by Crippen LogP contribution is -2.02. The van der Waals surface area contributed by atoms with E-state index in [1.54, 1.807) is 14.2 Å². The maximum Gasteiger partial charge on any atom is 0.142 e. The minimum absolute atomic E-state index is 0.0669. The zero-order valence-corrected chi connectivity index (χ0v) is 11.7. The maximum atomic E-state index is 9.02. The molecule has 4 heteroatoms. The molecule has 0 aliphatic heterocycles. The molecule has 0 aliphatic carbocycles. The molecule has 0 radical (unpaired) electrons. The first kappa shape index (κ1) is 14.2. The lowest BCUT2D eigenvalue weighted by atomic mass is 10.1. The number of nitrogens with one attached hydrogen (secondary N) is 1. The first-order valence-corrected chi connectivity index (χ1v) is 6.41. The van der Waals surface area contributed by atoms with E-state index in [1.807, 2.05) is 42.5 Å². The highest BCUT2D eigenvalue weighted by molar-refractivity contribution is 5.59. The number of aliphatic hydroxyl groups is 1. The molecule has 2 aromatic rings. The molecule has 2 N–H and O–H groups in total. The van der Waals surface area contributed by atoms with Gasteiger partial charge in [-0.3, -0.25) is 0 Å². The van der Waals surface area contributed by atoms with Crippen LogP contribution in [0.1, 0.15) is 11.1 Å². The molecule has 0 saturated carbocycles. The van der Waals surface area contributed by atoms with Gasteiger partial charge < -0.3 is 19.9 Å². The quantitative estimate of drug-likeness (QED) is 0.849. The molecular formula is C16H19NO3. The van der Waals surface area contributed by atoms with Gasteiger partial charge in [0, 0.05) is 12.6 Å². The Morgan fingerprint density at radius 1 is 0.950 bits per heavy atom. The Hall–Kier alpha value is -2.20. The zero-order chi connectivity index (χ0) is 14.4. The molecule has 0 saturated heterocycles. The van der Waals surface area contributed by atoms with E-state index < -0.39 is 0 Å². The van der Waals surface area contributed by atoms with Crippen LogP contribution in [0.3, 0.4) is 0 Å². The van der Waals surface area contributed by atoms with E-state index in [9.17, 15) is 0 Å². The molecule has 0 aromatic heterocycles. The van der Waals surface area contributed by atoms with Crippen molar-refractivity contribution in [2.75, 3.05) is 19.5 Å². The monoisotopic (exact) mass is 273 g/mol. The van der Waals surface area contributed by atoms with E-state index in [1.165, 1.54) is 0 Å². The van der Waals surface area contributed by atoms with Crippen LogP contribution < -0.4 is 14.8 Å². The van der Waals surface area contributed by atoms with Crippen molar-refractivity contribution in [2.45, 2.75) is 13.2 Å². The van der Waals surface area contributed by atoms with Crippen molar-refractivity contribution in [2.24, 2.45) is 0 Å². The number of aliphatic hydroxyl groups excluding tert-OH is 1. The number of methoxy groups -OCH3 is 2. The predicted octanol–water partition coefficient (Wildman–Crippen LogP) is 2.81. The van der Waals surface area contributed by atoms with Crippen LogP contribution in [-0.4, -0.2) is 19.3 Å². The Balaban J connectivity index is 2.08. The summed E-state index contributed by atoms with van der Waals surface area (Å²) in [5.74, 6) is 1.56. The van der Waals surface area contributed by atoms with Gasteiger partial charge in [-0.15, -0.1) is 0 Å². The molecule has 106 valence electrons. The summed E-state index contributed by atoms with van der Waals surface area (Å²) >= 11 is 0. The fourth-order valence-electron chi connectivity index (χ4n) is 1.91. The molecule has 0 amide bonds. The molecule has 0 atom stereocenters. The van der Waals surface area contributed by atoms with Crippen molar-refractivity contribution >= 4 is 5.69 Å². The van der Waals surface area contributed by atoms with Gasteiger partial charge in [-0.25, -0.2) is 0 Å². The van der Waals surface area contributed by atoms with Gasteiger partial charge in [0.05, 0.1) is 26.5 Å². The fraction of sp³-hybridized carbons (Fsp3) is 0.250. The summed E-state index contributed by atoms with van der Waals surface area (Å²) in [5, 5.41) is 12.3. The number of anilines is 1. The van der Waals surface area contributed by atoms with Gasteiger partial charge in [0.25, 0.3) is 0 Å². The topological polar surface area (TPSA) is 50.7 Å². The van der Waals surface area contributed by atoms with Crippen molar-refractivity contribution in [3.63, 3.8) is 0 Å². The van der Waals surface area contributed by atoms with E-state index in [-0.39, 0.29) is 6.61 Å². The number of benzene rings is 2. The molecule has 0 aliphatic rings. The third-order valence-corrected chi connectivity index (χ3v) is 3.10. The first-order chi connectivity index (χ1) is 9.76. The second kappa shape index (κ2) is 6.82. The van der Waals surface area contributed by atoms with Crippen molar-refractivity contribution in [3.8, 4) is 11.5 Å². The Kier molecular flexibility index (Phi) is 4.85. The zero-order valence-electron chi connectivity index (χ0n) is 11.7. The summed E-state index contributed by atoms with van der Waals surface area (Å²) in [6, 6.07) is 13.5. The molecule has 0 bridgehead atoms. The SMILES string of the molecule is COc1ccc(OC)c(NCc2ccc(CO)cc2)c1. The summed E-state index contributed by atoms with van der Waals surface area (Å²) in [6.07, 6.45) is 0. The third-order valence-electron chi connectivity index (χ3n) is 3.10. The van der Waals surface area contributed by atoms with Crippen LogP contribution in [0.5, 0.6) is 11.5 Å².